The van der Waals surface area contributed by atoms with Crippen molar-refractivity contribution in [2.24, 2.45) is 5.92 Å². The second kappa shape index (κ2) is 11.1. The number of aryl methyl sites for hydroxylation is 1. The van der Waals surface area contributed by atoms with Gasteiger partial charge in [0.05, 0.1) is 6.54 Å². The molecule has 1 aliphatic carbocycles. The summed E-state index contributed by atoms with van der Waals surface area (Å²) in [5.41, 5.74) is 0.885. The number of hydrogen-bond donors (Lipinski definition) is 1. The van der Waals surface area contributed by atoms with Crippen LogP contribution in [0.3, 0.4) is 0 Å². The van der Waals surface area contributed by atoms with Gasteiger partial charge >= 0.3 is 12.1 Å². The fourth-order valence-electron chi connectivity index (χ4n) is 3.80. The number of carbonyl (C=O) groups excluding carboxylic acids is 2. The van der Waals surface area contributed by atoms with Gasteiger partial charge in [0.15, 0.2) is 0 Å². The number of alkyl halides is 3. The number of benzene rings is 1. The lowest BCUT2D eigenvalue weighted by molar-refractivity contribution is -0.230. The molecule has 1 aromatic carbocycles. The number of anilines is 2. The standard InChI is InChI=1S/C23H27ClF3N5O3/c1-14-12-19(31(2)3)30-22(28-14)29-18-10-4-15(5-11-18)13-32(35-21(34)23(25,26)27)20(33)16-6-8-17(24)9-7-16/h6-9,12,15,18H,4-5,10-11,13H2,1-3H3,(H,28,29,30). The van der Waals surface area contributed by atoms with Crippen LogP contribution in [0.25, 0.3) is 0 Å². The molecule has 0 radical (unpaired) electrons. The van der Waals surface area contributed by atoms with Gasteiger partial charge in [-0.25, -0.2) is 9.78 Å². The molecule has 1 heterocycles. The Hall–Kier alpha value is -3.08. The maximum absolute atomic E-state index is 12.8. The third-order valence-electron chi connectivity index (χ3n) is 5.65. The summed E-state index contributed by atoms with van der Waals surface area (Å²) in [4.78, 5) is 39.6. The van der Waals surface area contributed by atoms with Crippen LogP contribution in [0.15, 0.2) is 30.3 Å². The first-order chi connectivity index (χ1) is 16.4. The number of nitrogens with zero attached hydrogens (tertiary/aromatic N) is 4. The van der Waals surface area contributed by atoms with E-state index in [0.717, 1.165) is 11.5 Å². The van der Waals surface area contributed by atoms with E-state index in [1.807, 2.05) is 32.0 Å². The van der Waals surface area contributed by atoms with E-state index < -0.39 is 18.1 Å². The van der Waals surface area contributed by atoms with E-state index in [2.05, 4.69) is 20.1 Å². The molecule has 12 heteroatoms. The molecule has 35 heavy (non-hydrogen) atoms. The lowest BCUT2D eigenvalue weighted by Gasteiger charge is -2.32. The van der Waals surface area contributed by atoms with Gasteiger partial charge < -0.3 is 15.1 Å². The number of amides is 1. The van der Waals surface area contributed by atoms with Gasteiger partial charge in [0.1, 0.15) is 5.82 Å². The van der Waals surface area contributed by atoms with E-state index in [1.165, 1.54) is 24.3 Å². The molecule has 1 aliphatic rings. The van der Waals surface area contributed by atoms with Gasteiger partial charge in [-0.15, -0.1) is 0 Å². The molecule has 1 saturated carbocycles. The van der Waals surface area contributed by atoms with Crippen LogP contribution in [0, 0.1) is 12.8 Å². The molecule has 8 nitrogen and oxygen atoms in total. The number of hydrogen-bond acceptors (Lipinski definition) is 7. The summed E-state index contributed by atoms with van der Waals surface area (Å²) < 4.78 is 38.5. The maximum Gasteiger partial charge on any atom is 0.493 e. The highest BCUT2D eigenvalue weighted by Crippen LogP contribution is 2.28. The fraction of sp³-hybridized carbons (Fsp3) is 0.478. The number of aromatic nitrogens is 2. The average Bonchev–Trinajstić information content (AvgIpc) is 2.79. The Morgan fingerprint density at radius 3 is 2.31 bits per heavy atom. The molecule has 3 rings (SSSR count). The minimum atomic E-state index is -5.22. The van der Waals surface area contributed by atoms with Crippen molar-refractivity contribution in [3.8, 4) is 0 Å². The summed E-state index contributed by atoms with van der Waals surface area (Å²) >= 11 is 5.82. The highest BCUT2D eigenvalue weighted by atomic mass is 35.5. The van der Waals surface area contributed by atoms with Crippen LogP contribution in [0.5, 0.6) is 0 Å². The Labute approximate surface area is 206 Å². The van der Waals surface area contributed by atoms with Crippen LogP contribution in [-0.4, -0.2) is 59.8 Å². The van der Waals surface area contributed by atoms with Gasteiger partial charge in [0, 0.05) is 42.5 Å². The zero-order valence-electron chi connectivity index (χ0n) is 19.6. The molecule has 0 atom stereocenters. The lowest BCUT2D eigenvalue weighted by Crippen LogP contribution is -2.42. The van der Waals surface area contributed by atoms with Gasteiger partial charge in [-0.05, 0) is 62.8 Å². The molecule has 0 aliphatic heterocycles. The third kappa shape index (κ3) is 7.45. The maximum atomic E-state index is 12.8. The normalized spacial score (nSPS) is 18.0. The van der Waals surface area contributed by atoms with Gasteiger partial charge in [0.2, 0.25) is 5.95 Å². The molecular formula is C23H27ClF3N5O3. The predicted octanol–water partition coefficient (Wildman–Crippen LogP) is 4.64. The minimum Gasteiger partial charge on any atom is -0.363 e. The Balaban J connectivity index is 1.64. The minimum absolute atomic E-state index is 0.0630. The highest BCUT2D eigenvalue weighted by molar-refractivity contribution is 6.30. The van der Waals surface area contributed by atoms with E-state index >= 15 is 0 Å². The molecule has 2 aromatic rings. The van der Waals surface area contributed by atoms with Crippen LogP contribution in [-0.2, 0) is 9.63 Å². The largest absolute Gasteiger partial charge is 0.493 e. The summed E-state index contributed by atoms with van der Waals surface area (Å²) in [6.07, 6.45) is -2.62. The number of halogens is 4. The summed E-state index contributed by atoms with van der Waals surface area (Å²) in [5.74, 6) is -2.15. The van der Waals surface area contributed by atoms with Crippen molar-refractivity contribution in [1.82, 2.24) is 15.0 Å². The quantitative estimate of drug-likeness (QED) is 0.563. The van der Waals surface area contributed by atoms with E-state index in [-0.39, 0.29) is 24.1 Å². The SMILES string of the molecule is Cc1cc(N(C)C)nc(NC2CCC(CN(OC(=O)C(F)(F)F)C(=O)c3ccc(Cl)cc3)CC2)n1. The van der Waals surface area contributed by atoms with Crippen molar-refractivity contribution in [3.63, 3.8) is 0 Å². The Morgan fingerprint density at radius 2 is 1.74 bits per heavy atom. The zero-order chi connectivity index (χ0) is 25.8. The Morgan fingerprint density at radius 1 is 1.11 bits per heavy atom. The van der Waals surface area contributed by atoms with E-state index in [1.54, 1.807) is 0 Å². The fourth-order valence-corrected chi connectivity index (χ4v) is 3.93. The first-order valence-electron chi connectivity index (χ1n) is 11.1. The van der Waals surface area contributed by atoms with Gasteiger partial charge in [0.25, 0.3) is 5.91 Å². The van der Waals surface area contributed by atoms with Crippen LogP contribution in [0.2, 0.25) is 5.02 Å². The van der Waals surface area contributed by atoms with Crippen molar-refractivity contribution in [2.75, 3.05) is 30.9 Å². The van der Waals surface area contributed by atoms with Crippen LogP contribution >= 0.6 is 11.6 Å². The first-order valence-corrected chi connectivity index (χ1v) is 11.5. The molecule has 0 unspecified atom stereocenters. The van der Waals surface area contributed by atoms with Crippen molar-refractivity contribution < 1.29 is 27.6 Å². The van der Waals surface area contributed by atoms with Crippen molar-refractivity contribution in [3.05, 3.63) is 46.6 Å². The Bertz CT molecular complexity index is 1040. The number of nitrogens with one attached hydrogen (secondary N) is 1. The summed E-state index contributed by atoms with van der Waals surface area (Å²) in [7, 11) is 3.78. The molecule has 1 aromatic heterocycles. The predicted molar refractivity (Wildman–Crippen MR) is 125 cm³/mol. The zero-order valence-corrected chi connectivity index (χ0v) is 20.4. The highest BCUT2D eigenvalue weighted by Gasteiger charge is 2.44. The van der Waals surface area contributed by atoms with E-state index in [0.29, 0.717) is 41.7 Å². The molecule has 1 fully saturated rings. The smallest absolute Gasteiger partial charge is 0.363 e. The van der Waals surface area contributed by atoms with Crippen molar-refractivity contribution in [1.29, 1.82) is 0 Å². The molecule has 1 N–H and O–H groups in total. The number of rotatable bonds is 6. The van der Waals surface area contributed by atoms with E-state index in [9.17, 15) is 22.8 Å². The monoisotopic (exact) mass is 513 g/mol. The summed E-state index contributed by atoms with van der Waals surface area (Å²) in [6.45, 7) is 1.73. The molecule has 0 spiro atoms. The molecule has 0 saturated heterocycles. The molecule has 190 valence electrons. The summed E-state index contributed by atoms with van der Waals surface area (Å²) in [5, 5.41) is 4.19. The average molecular weight is 514 g/mol. The second-order valence-corrected chi connectivity index (χ2v) is 9.13. The van der Waals surface area contributed by atoms with Crippen molar-refractivity contribution >= 4 is 35.2 Å². The first kappa shape index (κ1) is 26.5. The number of hydroxylamine groups is 2. The summed E-state index contributed by atoms with van der Waals surface area (Å²) in [6, 6.07) is 7.54. The number of carbonyl (C=O) groups is 2. The molecular weight excluding hydrogens is 487 g/mol. The molecule has 1 amide bonds. The third-order valence-corrected chi connectivity index (χ3v) is 5.90. The molecule has 0 bridgehead atoms. The van der Waals surface area contributed by atoms with Crippen LogP contribution < -0.4 is 10.2 Å². The van der Waals surface area contributed by atoms with Gasteiger partial charge in [-0.3, -0.25) is 4.79 Å². The van der Waals surface area contributed by atoms with Gasteiger partial charge in [-0.1, -0.05) is 11.6 Å². The lowest BCUT2D eigenvalue weighted by atomic mass is 9.86. The topological polar surface area (TPSA) is 87.7 Å². The second-order valence-electron chi connectivity index (χ2n) is 8.70. The van der Waals surface area contributed by atoms with E-state index in [4.69, 9.17) is 11.6 Å². The van der Waals surface area contributed by atoms with Crippen molar-refractivity contribution in [2.45, 2.75) is 44.8 Å². The van der Waals surface area contributed by atoms with Crippen LogP contribution in [0.4, 0.5) is 24.9 Å². The Kier molecular flexibility index (Phi) is 8.42. The van der Waals surface area contributed by atoms with Crippen LogP contribution in [0.1, 0.15) is 41.7 Å². The van der Waals surface area contributed by atoms with Gasteiger partial charge in [-0.2, -0.15) is 23.2 Å².